The lowest BCUT2D eigenvalue weighted by Gasteiger charge is -2.22. The molecule has 1 unspecified atom stereocenters. The summed E-state index contributed by atoms with van der Waals surface area (Å²) in [6.07, 6.45) is 1.15. The number of nitrogens with one attached hydrogen (secondary N) is 2. The van der Waals surface area contributed by atoms with Crippen molar-refractivity contribution in [2.24, 2.45) is 11.7 Å². The number of fused-ring (bicyclic) bond motifs is 1. The molecule has 1 fully saturated rings. The van der Waals surface area contributed by atoms with Crippen LogP contribution in [0.3, 0.4) is 0 Å². The minimum Gasteiger partial charge on any atom is -0.364 e. The third-order valence-electron chi connectivity index (χ3n) is 4.33. The van der Waals surface area contributed by atoms with E-state index in [0.29, 0.717) is 6.54 Å². The van der Waals surface area contributed by atoms with Crippen LogP contribution in [0.2, 0.25) is 0 Å². The number of rotatable bonds is 5. The van der Waals surface area contributed by atoms with Gasteiger partial charge in [0.05, 0.1) is 23.2 Å². The number of para-hydroxylation sites is 2. The summed E-state index contributed by atoms with van der Waals surface area (Å²) < 4.78 is 5.68. The van der Waals surface area contributed by atoms with Crippen molar-refractivity contribution in [1.29, 1.82) is 0 Å². The van der Waals surface area contributed by atoms with Gasteiger partial charge in [0.15, 0.2) is 0 Å². The molecule has 0 radical (unpaired) electrons. The zero-order chi connectivity index (χ0) is 16.4. The normalized spacial score (nSPS) is 20.8. The number of nitrogens with two attached hydrogens (primary N) is 1. The Morgan fingerprint density at radius 1 is 1.36 bits per heavy atom. The summed E-state index contributed by atoms with van der Waals surface area (Å²) in [6.45, 7) is 4.59. The first-order valence-corrected chi connectivity index (χ1v) is 8.19. The molecule has 0 bridgehead atoms. The molecule has 1 saturated heterocycles. The van der Waals surface area contributed by atoms with E-state index in [-0.39, 0.29) is 48.8 Å². The first-order chi connectivity index (χ1) is 11.1. The number of imidazole rings is 1. The van der Waals surface area contributed by atoms with E-state index in [2.05, 4.69) is 29.1 Å². The number of hydrogen-bond acceptors (Lipinski definition) is 4. The van der Waals surface area contributed by atoms with Crippen molar-refractivity contribution in [3.8, 4) is 0 Å². The van der Waals surface area contributed by atoms with Crippen LogP contribution in [0.15, 0.2) is 24.3 Å². The molecule has 0 saturated carbocycles. The van der Waals surface area contributed by atoms with Crippen LogP contribution in [0.5, 0.6) is 0 Å². The van der Waals surface area contributed by atoms with Crippen LogP contribution in [0, 0.1) is 5.92 Å². The maximum Gasteiger partial charge on any atom is 0.249 e. The second kappa shape index (κ2) is 9.38. The molecule has 0 aliphatic carbocycles. The maximum absolute atomic E-state index is 12.5. The zero-order valence-corrected chi connectivity index (χ0v) is 16.0. The quantitative estimate of drug-likeness (QED) is 0.733. The lowest BCUT2D eigenvalue weighted by molar-refractivity contribution is -0.133. The number of amides is 1. The fourth-order valence-electron chi connectivity index (χ4n) is 2.99. The van der Waals surface area contributed by atoms with Crippen LogP contribution >= 0.6 is 24.8 Å². The Kier molecular flexibility index (Phi) is 8.15. The Labute approximate surface area is 160 Å². The van der Waals surface area contributed by atoms with Gasteiger partial charge in [-0.3, -0.25) is 4.79 Å². The van der Waals surface area contributed by atoms with Gasteiger partial charge in [0, 0.05) is 6.54 Å². The molecule has 1 aliphatic heterocycles. The number of nitrogens with zero attached hydrogens (tertiary/aromatic N) is 1. The number of carbonyl (C=O) groups is 1. The van der Waals surface area contributed by atoms with Crippen molar-refractivity contribution >= 4 is 41.8 Å². The van der Waals surface area contributed by atoms with Crippen molar-refractivity contribution in [3.05, 3.63) is 30.1 Å². The molecule has 140 valence electrons. The van der Waals surface area contributed by atoms with E-state index in [1.54, 1.807) is 0 Å². The average molecular weight is 389 g/mol. The van der Waals surface area contributed by atoms with E-state index in [1.807, 2.05) is 24.3 Å². The lowest BCUT2D eigenvalue weighted by atomic mass is 10.0. The van der Waals surface area contributed by atoms with Gasteiger partial charge >= 0.3 is 0 Å². The van der Waals surface area contributed by atoms with Gasteiger partial charge in [-0.1, -0.05) is 26.0 Å². The Hall–Kier alpha value is -1.34. The second-order valence-corrected chi connectivity index (χ2v) is 6.43. The molecule has 3 rings (SSSR count). The van der Waals surface area contributed by atoms with Crippen LogP contribution < -0.4 is 11.1 Å². The summed E-state index contributed by atoms with van der Waals surface area (Å²) in [4.78, 5) is 20.4. The van der Waals surface area contributed by atoms with E-state index < -0.39 is 6.10 Å². The Bertz CT molecular complexity index is 659. The van der Waals surface area contributed by atoms with Gasteiger partial charge in [-0.2, -0.15) is 0 Å². The predicted molar refractivity (Wildman–Crippen MR) is 103 cm³/mol. The minimum absolute atomic E-state index is 0. The SMILES string of the molecule is CC(C)C(NC(=O)[C@@H]1CC[C@H](CN)O1)c1nc2ccccc2[nH]1.Cl.Cl. The zero-order valence-electron chi connectivity index (χ0n) is 14.4. The number of benzene rings is 1. The second-order valence-electron chi connectivity index (χ2n) is 6.43. The number of halogens is 2. The van der Waals surface area contributed by atoms with Crippen LogP contribution in [-0.4, -0.2) is 34.6 Å². The molecule has 2 heterocycles. The first-order valence-electron chi connectivity index (χ1n) is 8.19. The number of aromatic nitrogens is 2. The molecule has 0 spiro atoms. The smallest absolute Gasteiger partial charge is 0.249 e. The standard InChI is InChI=1S/C17H24N4O2.2ClH/c1-10(2)15(16-19-12-5-3-4-6-13(12)20-16)21-17(22)14-8-7-11(9-18)23-14;;/h3-6,10-11,14-15H,7-9,18H2,1-2H3,(H,19,20)(H,21,22);2*1H/t11-,14+,15?;;/m1../s1. The summed E-state index contributed by atoms with van der Waals surface area (Å²) >= 11 is 0. The number of ether oxygens (including phenoxy) is 1. The fourth-order valence-corrected chi connectivity index (χ4v) is 2.99. The summed E-state index contributed by atoms with van der Waals surface area (Å²) in [5.41, 5.74) is 7.49. The number of carbonyl (C=O) groups excluding carboxylic acids is 1. The maximum atomic E-state index is 12.5. The molecular formula is C17H26Cl2N4O2. The average Bonchev–Trinajstić information content (AvgIpc) is 3.18. The van der Waals surface area contributed by atoms with Gasteiger partial charge in [0.25, 0.3) is 0 Å². The van der Waals surface area contributed by atoms with E-state index in [0.717, 1.165) is 29.7 Å². The molecule has 4 N–H and O–H groups in total. The van der Waals surface area contributed by atoms with Crippen LogP contribution in [0.1, 0.15) is 38.6 Å². The largest absolute Gasteiger partial charge is 0.364 e. The van der Waals surface area contributed by atoms with Gasteiger partial charge in [0.1, 0.15) is 11.9 Å². The molecular weight excluding hydrogens is 363 g/mol. The Balaban J connectivity index is 0.00000156. The van der Waals surface area contributed by atoms with E-state index in [9.17, 15) is 4.79 Å². The lowest BCUT2D eigenvalue weighted by Crippen LogP contribution is -2.40. The number of H-pyrrole nitrogens is 1. The molecule has 2 aromatic rings. The van der Waals surface area contributed by atoms with Crippen molar-refractivity contribution in [2.45, 2.75) is 44.9 Å². The molecule has 1 amide bonds. The Morgan fingerprint density at radius 3 is 2.68 bits per heavy atom. The highest BCUT2D eigenvalue weighted by molar-refractivity contribution is 5.85. The van der Waals surface area contributed by atoms with E-state index >= 15 is 0 Å². The summed E-state index contributed by atoms with van der Waals surface area (Å²) in [5.74, 6) is 0.911. The van der Waals surface area contributed by atoms with E-state index in [1.165, 1.54) is 0 Å². The molecule has 8 heteroatoms. The molecule has 25 heavy (non-hydrogen) atoms. The van der Waals surface area contributed by atoms with Crippen LogP contribution in [-0.2, 0) is 9.53 Å². The highest BCUT2D eigenvalue weighted by Crippen LogP contribution is 2.24. The third-order valence-corrected chi connectivity index (χ3v) is 4.33. The van der Waals surface area contributed by atoms with Gasteiger partial charge < -0.3 is 20.8 Å². The molecule has 3 atom stereocenters. The molecule has 1 aromatic carbocycles. The predicted octanol–water partition coefficient (Wildman–Crippen LogP) is 2.73. The first kappa shape index (κ1) is 21.7. The van der Waals surface area contributed by atoms with Crippen molar-refractivity contribution < 1.29 is 9.53 Å². The topological polar surface area (TPSA) is 93.0 Å². The monoisotopic (exact) mass is 388 g/mol. The highest BCUT2D eigenvalue weighted by atomic mass is 35.5. The van der Waals surface area contributed by atoms with Gasteiger partial charge in [-0.15, -0.1) is 24.8 Å². The Morgan fingerprint density at radius 2 is 2.08 bits per heavy atom. The van der Waals surface area contributed by atoms with Gasteiger partial charge in [-0.25, -0.2) is 4.98 Å². The molecule has 6 nitrogen and oxygen atoms in total. The van der Waals surface area contributed by atoms with Crippen molar-refractivity contribution in [2.75, 3.05) is 6.54 Å². The van der Waals surface area contributed by atoms with Crippen LogP contribution in [0.4, 0.5) is 0 Å². The fraction of sp³-hybridized carbons (Fsp3) is 0.529. The number of hydrogen-bond donors (Lipinski definition) is 3. The van der Waals surface area contributed by atoms with Gasteiger partial charge in [-0.05, 0) is 30.9 Å². The van der Waals surface area contributed by atoms with Crippen molar-refractivity contribution in [3.63, 3.8) is 0 Å². The van der Waals surface area contributed by atoms with Crippen molar-refractivity contribution in [1.82, 2.24) is 15.3 Å². The molecule has 1 aromatic heterocycles. The summed E-state index contributed by atoms with van der Waals surface area (Å²) in [5, 5.41) is 3.08. The minimum atomic E-state index is -0.408. The summed E-state index contributed by atoms with van der Waals surface area (Å²) in [6, 6.07) is 7.69. The third kappa shape index (κ3) is 4.85. The van der Waals surface area contributed by atoms with Crippen LogP contribution in [0.25, 0.3) is 11.0 Å². The number of aromatic amines is 1. The molecule has 1 aliphatic rings. The highest BCUT2D eigenvalue weighted by Gasteiger charge is 2.32. The van der Waals surface area contributed by atoms with E-state index in [4.69, 9.17) is 10.5 Å². The summed E-state index contributed by atoms with van der Waals surface area (Å²) in [7, 11) is 0. The van der Waals surface area contributed by atoms with Gasteiger partial charge in [0.2, 0.25) is 5.91 Å².